The Kier molecular flexibility index (Phi) is 5.20. The van der Waals surface area contributed by atoms with E-state index in [2.05, 4.69) is 12.3 Å². The van der Waals surface area contributed by atoms with Crippen molar-refractivity contribution in [2.75, 3.05) is 6.54 Å². The summed E-state index contributed by atoms with van der Waals surface area (Å²) in [7, 11) is -3.48. The van der Waals surface area contributed by atoms with Crippen LogP contribution >= 0.6 is 0 Å². The van der Waals surface area contributed by atoms with E-state index in [1.807, 2.05) is 13.8 Å². The fourth-order valence-corrected chi connectivity index (χ4v) is 2.85. The summed E-state index contributed by atoms with van der Waals surface area (Å²) in [6, 6.07) is 6.84. The Balaban J connectivity index is 3.08. The number of rotatable bonds is 6. The van der Waals surface area contributed by atoms with Crippen molar-refractivity contribution in [2.45, 2.75) is 31.6 Å². The van der Waals surface area contributed by atoms with E-state index in [1.165, 1.54) is 10.5 Å². The van der Waals surface area contributed by atoms with Crippen LogP contribution in [0.5, 0.6) is 0 Å². The number of aryl methyl sites for hydroxylation is 1. The predicted molar refractivity (Wildman–Crippen MR) is 73.7 cm³/mol. The minimum Gasteiger partial charge on any atom is -0.266 e. The molecular weight excluding hydrogens is 246 g/mol. The maximum atomic E-state index is 12.4. The second kappa shape index (κ2) is 6.43. The molecule has 0 fully saturated rings. The van der Waals surface area contributed by atoms with E-state index < -0.39 is 10.0 Å². The van der Waals surface area contributed by atoms with Crippen LogP contribution in [0.3, 0.4) is 0 Å². The summed E-state index contributed by atoms with van der Waals surface area (Å²) in [5.74, 6) is 0. The Morgan fingerprint density at radius 1 is 1.33 bits per heavy atom. The number of unbranched alkanes of at least 4 members (excludes halogenated alkanes) is 1. The molecule has 3 nitrogen and oxygen atoms in total. The highest BCUT2D eigenvalue weighted by Crippen LogP contribution is 2.17. The molecule has 0 aliphatic carbocycles. The highest BCUT2D eigenvalue weighted by Gasteiger charge is 2.20. The minimum atomic E-state index is -3.48. The fourth-order valence-electron chi connectivity index (χ4n) is 1.52. The lowest BCUT2D eigenvalue weighted by atomic mass is 10.2. The summed E-state index contributed by atoms with van der Waals surface area (Å²) in [5.41, 5.74) is 3.57. The lowest BCUT2D eigenvalue weighted by molar-refractivity contribution is 0.487. The van der Waals surface area contributed by atoms with E-state index in [0.29, 0.717) is 11.4 Å². The van der Waals surface area contributed by atoms with Crippen LogP contribution in [-0.2, 0) is 10.0 Å². The van der Waals surface area contributed by atoms with Gasteiger partial charge < -0.3 is 0 Å². The van der Waals surface area contributed by atoms with Crippen LogP contribution in [0, 0.1) is 6.92 Å². The van der Waals surface area contributed by atoms with E-state index in [-0.39, 0.29) is 0 Å². The van der Waals surface area contributed by atoms with Gasteiger partial charge in [0.2, 0.25) is 0 Å². The summed E-state index contributed by atoms with van der Waals surface area (Å²) in [5, 5.41) is 0. The zero-order valence-electron chi connectivity index (χ0n) is 10.9. The Morgan fingerprint density at radius 3 is 2.44 bits per heavy atom. The van der Waals surface area contributed by atoms with E-state index in [0.717, 1.165) is 18.4 Å². The minimum absolute atomic E-state index is 0.302. The van der Waals surface area contributed by atoms with Gasteiger partial charge in [0.15, 0.2) is 0 Å². The molecule has 0 unspecified atom stereocenters. The molecule has 0 saturated heterocycles. The molecule has 0 bridgehead atoms. The molecule has 0 aliphatic heterocycles. The van der Waals surface area contributed by atoms with Gasteiger partial charge in [-0.1, -0.05) is 37.6 Å². The Hall–Kier alpha value is -1.51. The van der Waals surface area contributed by atoms with Crippen molar-refractivity contribution in [3.05, 3.63) is 48.3 Å². The van der Waals surface area contributed by atoms with Gasteiger partial charge >= 0.3 is 0 Å². The molecule has 0 amide bonds. The van der Waals surface area contributed by atoms with Crippen molar-refractivity contribution in [1.82, 2.24) is 4.31 Å². The zero-order valence-corrected chi connectivity index (χ0v) is 11.7. The molecule has 1 rings (SSSR count). The normalized spacial score (nSPS) is 10.8. The van der Waals surface area contributed by atoms with Gasteiger partial charge in [0.25, 0.3) is 10.0 Å². The number of hydrogen-bond acceptors (Lipinski definition) is 2. The number of hydrogen-bond donors (Lipinski definition) is 0. The molecule has 0 aromatic heterocycles. The Bertz CT molecular complexity index is 525. The van der Waals surface area contributed by atoms with Crippen molar-refractivity contribution in [3.63, 3.8) is 0 Å². The molecule has 0 N–H and O–H groups in total. The highest BCUT2D eigenvalue weighted by atomic mass is 32.2. The Labute approximate surface area is 109 Å². The van der Waals surface area contributed by atoms with Gasteiger partial charge in [-0.15, -0.1) is 5.73 Å². The third kappa shape index (κ3) is 3.49. The summed E-state index contributed by atoms with van der Waals surface area (Å²) >= 11 is 0. The van der Waals surface area contributed by atoms with Crippen LogP contribution in [0.1, 0.15) is 25.3 Å². The van der Waals surface area contributed by atoms with Crippen LogP contribution < -0.4 is 0 Å². The van der Waals surface area contributed by atoms with Crippen molar-refractivity contribution < 1.29 is 8.42 Å². The molecule has 0 heterocycles. The standard InChI is InChI=1S/C14H19NO2S/c1-4-6-12-15(11-5-2)18(16,17)14-9-7-13(3)8-10-14/h7-11H,2,4,6,12H2,1,3H3. The third-order valence-electron chi connectivity index (χ3n) is 2.59. The lowest BCUT2D eigenvalue weighted by Crippen LogP contribution is -2.26. The molecule has 0 aliphatic rings. The van der Waals surface area contributed by atoms with Crippen molar-refractivity contribution in [1.29, 1.82) is 0 Å². The third-order valence-corrected chi connectivity index (χ3v) is 4.37. The van der Waals surface area contributed by atoms with Crippen LogP contribution in [-0.4, -0.2) is 19.3 Å². The largest absolute Gasteiger partial charge is 0.266 e. The summed E-state index contributed by atoms with van der Waals surface area (Å²) in [6.07, 6.45) is 3.14. The predicted octanol–water partition coefficient (Wildman–Crippen LogP) is 3.08. The molecule has 1 aromatic rings. The van der Waals surface area contributed by atoms with Gasteiger partial charge in [0.05, 0.1) is 11.1 Å². The molecule has 0 spiro atoms. The second-order valence-corrected chi connectivity index (χ2v) is 6.01. The van der Waals surface area contributed by atoms with E-state index in [4.69, 9.17) is 0 Å². The topological polar surface area (TPSA) is 37.4 Å². The van der Waals surface area contributed by atoms with Crippen molar-refractivity contribution in [3.8, 4) is 0 Å². The summed E-state index contributed by atoms with van der Waals surface area (Å²) in [6.45, 7) is 7.84. The molecule has 98 valence electrons. The SMILES string of the molecule is C=C=CN(CCCC)S(=O)(=O)c1ccc(C)cc1. The lowest BCUT2D eigenvalue weighted by Gasteiger charge is -2.19. The number of sulfonamides is 1. The van der Waals surface area contributed by atoms with Crippen LogP contribution in [0.4, 0.5) is 0 Å². The van der Waals surface area contributed by atoms with Crippen molar-refractivity contribution in [2.24, 2.45) is 0 Å². The van der Waals surface area contributed by atoms with E-state index in [1.54, 1.807) is 24.3 Å². The smallest absolute Gasteiger partial charge is 0.264 e. The first-order valence-electron chi connectivity index (χ1n) is 5.97. The summed E-state index contributed by atoms with van der Waals surface area (Å²) < 4.78 is 26.0. The van der Waals surface area contributed by atoms with Crippen LogP contribution in [0.2, 0.25) is 0 Å². The zero-order chi connectivity index (χ0) is 13.6. The molecular formula is C14H19NO2S. The quantitative estimate of drug-likeness (QED) is 0.741. The maximum Gasteiger partial charge on any atom is 0.264 e. The molecule has 0 radical (unpaired) electrons. The molecule has 0 atom stereocenters. The average molecular weight is 265 g/mol. The van der Waals surface area contributed by atoms with Gasteiger partial charge in [0.1, 0.15) is 0 Å². The van der Waals surface area contributed by atoms with Crippen LogP contribution in [0.15, 0.2) is 47.7 Å². The molecule has 0 saturated carbocycles. The van der Waals surface area contributed by atoms with Gasteiger partial charge in [0, 0.05) is 6.54 Å². The Morgan fingerprint density at radius 2 is 1.94 bits per heavy atom. The second-order valence-electron chi connectivity index (χ2n) is 4.12. The molecule has 18 heavy (non-hydrogen) atoms. The molecule has 1 aromatic carbocycles. The average Bonchev–Trinajstić information content (AvgIpc) is 2.35. The van der Waals surface area contributed by atoms with Gasteiger partial charge in [-0.25, -0.2) is 8.42 Å². The fraction of sp³-hybridized carbons (Fsp3) is 0.357. The van der Waals surface area contributed by atoms with Crippen molar-refractivity contribution >= 4 is 10.0 Å². The van der Waals surface area contributed by atoms with E-state index in [9.17, 15) is 8.42 Å². The maximum absolute atomic E-state index is 12.4. The van der Waals surface area contributed by atoms with Gasteiger partial charge in [-0.05, 0) is 25.5 Å². The summed E-state index contributed by atoms with van der Waals surface area (Å²) in [4.78, 5) is 0.302. The monoisotopic (exact) mass is 265 g/mol. The first-order chi connectivity index (χ1) is 8.52. The molecule has 4 heteroatoms. The first-order valence-corrected chi connectivity index (χ1v) is 7.41. The first kappa shape index (κ1) is 14.6. The van der Waals surface area contributed by atoms with Gasteiger partial charge in [-0.3, -0.25) is 4.31 Å². The highest BCUT2D eigenvalue weighted by molar-refractivity contribution is 7.89. The number of benzene rings is 1. The van der Waals surface area contributed by atoms with Crippen LogP contribution in [0.25, 0.3) is 0 Å². The number of nitrogens with zero attached hydrogens (tertiary/aromatic N) is 1. The van der Waals surface area contributed by atoms with Gasteiger partial charge in [-0.2, -0.15) is 0 Å². The van der Waals surface area contributed by atoms with E-state index >= 15 is 0 Å².